The standard InChI is InChI=1S/C24H30F3N3O2.HI/c1-2-28-23(30-16-20-4-3-5-21(14-20)24(25,26)27)29-15-18-6-8-19(9-7-18)17-32-22-10-12-31-13-11-22;/h3-9,14,22H,2,10-13,15-17H2,1H3,(H2,28,29,30);1H. The van der Waals surface area contributed by atoms with Crippen LogP contribution in [0.3, 0.4) is 0 Å². The molecule has 1 heterocycles. The minimum atomic E-state index is -4.36. The molecule has 1 aliphatic heterocycles. The molecule has 3 rings (SSSR count). The Morgan fingerprint density at radius 2 is 1.73 bits per heavy atom. The summed E-state index contributed by atoms with van der Waals surface area (Å²) in [7, 11) is 0. The van der Waals surface area contributed by atoms with E-state index in [1.165, 1.54) is 6.07 Å². The number of ether oxygens (including phenoxy) is 2. The molecule has 0 amide bonds. The minimum absolute atomic E-state index is 0. The number of aliphatic imine (C=N–C) groups is 1. The van der Waals surface area contributed by atoms with Crippen molar-refractivity contribution in [3.63, 3.8) is 0 Å². The zero-order chi connectivity index (χ0) is 22.8. The molecule has 0 saturated carbocycles. The first-order valence-electron chi connectivity index (χ1n) is 10.9. The Morgan fingerprint density at radius 3 is 2.39 bits per heavy atom. The highest BCUT2D eigenvalue weighted by Gasteiger charge is 2.30. The van der Waals surface area contributed by atoms with E-state index in [1.807, 2.05) is 31.2 Å². The van der Waals surface area contributed by atoms with Gasteiger partial charge in [0.05, 0.1) is 24.8 Å². The first kappa shape index (κ1) is 27.4. The van der Waals surface area contributed by atoms with Crippen LogP contribution in [0.15, 0.2) is 53.5 Å². The van der Waals surface area contributed by atoms with Crippen molar-refractivity contribution in [2.75, 3.05) is 19.8 Å². The Bertz CT molecular complexity index is 870. The number of halogens is 4. The SMILES string of the molecule is CCNC(=NCc1cccc(C(F)(F)F)c1)NCc1ccc(COC2CCOCC2)cc1.I. The van der Waals surface area contributed by atoms with Crippen LogP contribution in [0.2, 0.25) is 0 Å². The Labute approximate surface area is 210 Å². The van der Waals surface area contributed by atoms with Crippen LogP contribution in [0, 0.1) is 0 Å². The van der Waals surface area contributed by atoms with Gasteiger partial charge in [0.1, 0.15) is 0 Å². The molecule has 0 radical (unpaired) electrons. The van der Waals surface area contributed by atoms with Crippen LogP contribution in [0.5, 0.6) is 0 Å². The average molecular weight is 577 g/mol. The van der Waals surface area contributed by atoms with Crippen molar-refractivity contribution in [3.8, 4) is 0 Å². The highest BCUT2D eigenvalue weighted by Crippen LogP contribution is 2.29. The molecular weight excluding hydrogens is 546 g/mol. The predicted molar refractivity (Wildman–Crippen MR) is 134 cm³/mol. The molecule has 0 spiro atoms. The lowest BCUT2D eigenvalue weighted by atomic mass is 10.1. The fraction of sp³-hybridized carbons (Fsp3) is 0.458. The van der Waals surface area contributed by atoms with Crippen LogP contribution >= 0.6 is 24.0 Å². The van der Waals surface area contributed by atoms with Gasteiger partial charge in [-0.1, -0.05) is 36.4 Å². The average Bonchev–Trinajstić information content (AvgIpc) is 2.80. The first-order valence-corrected chi connectivity index (χ1v) is 10.9. The van der Waals surface area contributed by atoms with Crippen molar-refractivity contribution >= 4 is 29.9 Å². The fourth-order valence-electron chi connectivity index (χ4n) is 3.35. The Balaban J connectivity index is 0.00000385. The summed E-state index contributed by atoms with van der Waals surface area (Å²) in [5.41, 5.74) is 2.03. The van der Waals surface area contributed by atoms with Gasteiger partial charge in [0.15, 0.2) is 5.96 Å². The molecule has 5 nitrogen and oxygen atoms in total. The summed E-state index contributed by atoms with van der Waals surface area (Å²) in [6, 6.07) is 13.4. The second-order valence-electron chi connectivity index (χ2n) is 7.69. The van der Waals surface area contributed by atoms with Crippen LogP contribution < -0.4 is 10.6 Å². The van der Waals surface area contributed by atoms with Gasteiger partial charge in [0.2, 0.25) is 0 Å². The molecule has 0 aliphatic carbocycles. The maximum absolute atomic E-state index is 12.9. The summed E-state index contributed by atoms with van der Waals surface area (Å²) >= 11 is 0. The zero-order valence-electron chi connectivity index (χ0n) is 18.7. The molecule has 1 saturated heterocycles. The first-order chi connectivity index (χ1) is 15.4. The second kappa shape index (κ2) is 13.8. The summed E-state index contributed by atoms with van der Waals surface area (Å²) in [4.78, 5) is 4.42. The van der Waals surface area contributed by atoms with Gasteiger partial charge in [-0.05, 0) is 48.6 Å². The van der Waals surface area contributed by atoms with Crippen molar-refractivity contribution in [2.24, 2.45) is 4.99 Å². The van der Waals surface area contributed by atoms with E-state index in [9.17, 15) is 13.2 Å². The van der Waals surface area contributed by atoms with E-state index in [0.29, 0.717) is 31.2 Å². The molecule has 0 bridgehead atoms. The van der Waals surface area contributed by atoms with E-state index >= 15 is 0 Å². The number of guanidine groups is 1. The van der Waals surface area contributed by atoms with Gasteiger partial charge in [0, 0.05) is 26.3 Å². The third kappa shape index (κ3) is 9.50. The van der Waals surface area contributed by atoms with E-state index in [0.717, 1.165) is 49.3 Å². The van der Waals surface area contributed by atoms with Crippen LogP contribution in [0.4, 0.5) is 13.2 Å². The van der Waals surface area contributed by atoms with Crippen molar-refractivity contribution < 1.29 is 22.6 Å². The molecule has 0 aromatic heterocycles. The van der Waals surface area contributed by atoms with Gasteiger partial charge in [-0.3, -0.25) is 0 Å². The maximum atomic E-state index is 12.9. The molecule has 33 heavy (non-hydrogen) atoms. The van der Waals surface area contributed by atoms with Gasteiger partial charge in [-0.25, -0.2) is 4.99 Å². The van der Waals surface area contributed by atoms with Gasteiger partial charge < -0.3 is 20.1 Å². The third-order valence-corrected chi connectivity index (χ3v) is 5.16. The lowest BCUT2D eigenvalue weighted by molar-refractivity contribution is -0.137. The van der Waals surface area contributed by atoms with Crippen LogP contribution in [0.25, 0.3) is 0 Å². The summed E-state index contributed by atoms with van der Waals surface area (Å²) in [5.74, 6) is 0.553. The second-order valence-corrected chi connectivity index (χ2v) is 7.69. The molecule has 0 unspecified atom stereocenters. The highest BCUT2D eigenvalue weighted by molar-refractivity contribution is 14.0. The van der Waals surface area contributed by atoms with E-state index in [-0.39, 0.29) is 36.6 Å². The number of alkyl halides is 3. The number of nitrogens with one attached hydrogen (secondary N) is 2. The summed E-state index contributed by atoms with van der Waals surface area (Å²) in [6.45, 7) is 5.40. The summed E-state index contributed by atoms with van der Waals surface area (Å²) in [6.07, 6.45) is -2.21. The fourth-order valence-corrected chi connectivity index (χ4v) is 3.35. The largest absolute Gasteiger partial charge is 0.416 e. The van der Waals surface area contributed by atoms with E-state index in [4.69, 9.17) is 9.47 Å². The molecular formula is C24H31F3IN3O2. The number of hydrogen-bond donors (Lipinski definition) is 2. The molecule has 2 aromatic rings. The van der Waals surface area contributed by atoms with Gasteiger partial charge >= 0.3 is 6.18 Å². The zero-order valence-corrected chi connectivity index (χ0v) is 21.0. The molecule has 2 N–H and O–H groups in total. The molecule has 9 heteroatoms. The molecule has 1 aliphatic rings. The van der Waals surface area contributed by atoms with Crippen molar-refractivity contribution in [1.82, 2.24) is 10.6 Å². The van der Waals surface area contributed by atoms with Crippen molar-refractivity contribution in [3.05, 3.63) is 70.8 Å². The van der Waals surface area contributed by atoms with E-state index < -0.39 is 11.7 Å². The minimum Gasteiger partial charge on any atom is -0.381 e. The van der Waals surface area contributed by atoms with E-state index in [2.05, 4.69) is 15.6 Å². The molecule has 0 atom stereocenters. The molecule has 2 aromatic carbocycles. The lowest BCUT2D eigenvalue weighted by Crippen LogP contribution is -2.36. The normalized spacial score (nSPS) is 15.1. The Morgan fingerprint density at radius 1 is 1.03 bits per heavy atom. The van der Waals surface area contributed by atoms with Gasteiger partial charge in [-0.15, -0.1) is 24.0 Å². The van der Waals surface area contributed by atoms with Crippen molar-refractivity contribution in [2.45, 2.75) is 51.7 Å². The van der Waals surface area contributed by atoms with Gasteiger partial charge in [0.25, 0.3) is 0 Å². The topological polar surface area (TPSA) is 54.9 Å². The number of benzene rings is 2. The van der Waals surface area contributed by atoms with Crippen LogP contribution in [0.1, 0.15) is 42.0 Å². The summed E-state index contributed by atoms with van der Waals surface area (Å²) in [5, 5.41) is 6.35. The van der Waals surface area contributed by atoms with Crippen LogP contribution in [-0.2, 0) is 35.3 Å². The van der Waals surface area contributed by atoms with Crippen molar-refractivity contribution in [1.29, 1.82) is 0 Å². The molecule has 1 fully saturated rings. The summed E-state index contributed by atoms with van der Waals surface area (Å²) < 4.78 is 50.0. The lowest BCUT2D eigenvalue weighted by Gasteiger charge is -2.22. The predicted octanol–water partition coefficient (Wildman–Crippen LogP) is 5.27. The smallest absolute Gasteiger partial charge is 0.381 e. The maximum Gasteiger partial charge on any atom is 0.416 e. The number of hydrogen-bond acceptors (Lipinski definition) is 3. The Kier molecular flexibility index (Phi) is 11.4. The highest BCUT2D eigenvalue weighted by atomic mass is 127. The number of rotatable bonds is 8. The number of nitrogens with zero attached hydrogens (tertiary/aromatic N) is 1. The quantitative estimate of drug-likeness (QED) is 0.255. The van der Waals surface area contributed by atoms with Crippen LogP contribution in [-0.4, -0.2) is 31.8 Å². The van der Waals surface area contributed by atoms with E-state index in [1.54, 1.807) is 6.07 Å². The third-order valence-electron chi connectivity index (χ3n) is 5.16. The molecule has 182 valence electrons. The monoisotopic (exact) mass is 577 g/mol. The van der Waals surface area contributed by atoms with Gasteiger partial charge in [-0.2, -0.15) is 13.2 Å². The Hall–Kier alpha value is -1.85.